The Hall–Kier alpha value is -2.51. The molecule has 0 aliphatic carbocycles. The highest BCUT2D eigenvalue weighted by Gasteiger charge is 2.35. The highest BCUT2D eigenvalue weighted by atomic mass is 32.2. The highest BCUT2D eigenvalue weighted by molar-refractivity contribution is 7.89. The van der Waals surface area contributed by atoms with E-state index in [0.29, 0.717) is 18.7 Å². The standard InChI is InChI=1S/C20H20FN3O2S/c1-14-9-17(21)7-8-20(14)27(25,26)24-12-15-5-3-4-6-18(15)19(13-24)16-10-22-23(2)11-16/h3-11,19H,12-13H2,1-2H3/t19-/m1/s1. The molecule has 7 heteroatoms. The maximum absolute atomic E-state index is 13.4. The van der Waals surface area contributed by atoms with Crippen LogP contribution in [0, 0.1) is 12.7 Å². The monoisotopic (exact) mass is 385 g/mol. The largest absolute Gasteiger partial charge is 0.276 e. The first kappa shape index (κ1) is 17.9. The van der Waals surface area contributed by atoms with E-state index in [1.807, 2.05) is 37.5 Å². The van der Waals surface area contributed by atoms with Crippen molar-refractivity contribution < 1.29 is 12.8 Å². The van der Waals surface area contributed by atoms with E-state index in [-0.39, 0.29) is 10.8 Å². The normalized spacial score (nSPS) is 17.7. The third-order valence-electron chi connectivity index (χ3n) is 5.05. The van der Waals surface area contributed by atoms with Gasteiger partial charge in [-0.05, 0) is 47.4 Å². The summed E-state index contributed by atoms with van der Waals surface area (Å²) in [6.45, 7) is 2.24. The van der Waals surface area contributed by atoms with Crippen molar-refractivity contribution >= 4 is 10.0 Å². The first-order valence-corrected chi connectivity index (χ1v) is 10.1. The van der Waals surface area contributed by atoms with Crippen LogP contribution in [0.3, 0.4) is 0 Å². The second-order valence-electron chi connectivity index (χ2n) is 6.91. The van der Waals surface area contributed by atoms with Gasteiger partial charge in [0.2, 0.25) is 10.0 Å². The zero-order valence-electron chi connectivity index (χ0n) is 15.1. The Bertz CT molecular complexity index is 1110. The molecule has 1 aliphatic heterocycles. The van der Waals surface area contributed by atoms with Gasteiger partial charge in [-0.25, -0.2) is 12.8 Å². The summed E-state index contributed by atoms with van der Waals surface area (Å²) < 4.78 is 43.2. The highest BCUT2D eigenvalue weighted by Crippen LogP contribution is 2.36. The zero-order chi connectivity index (χ0) is 19.2. The van der Waals surface area contributed by atoms with Gasteiger partial charge in [0.05, 0.1) is 11.1 Å². The number of benzene rings is 2. The number of halogens is 1. The van der Waals surface area contributed by atoms with Gasteiger partial charge in [-0.1, -0.05) is 24.3 Å². The van der Waals surface area contributed by atoms with Gasteiger partial charge in [-0.2, -0.15) is 9.40 Å². The minimum Gasteiger partial charge on any atom is -0.276 e. The molecule has 1 atom stereocenters. The first-order valence-electron chi connectivity index (χ1n) is 8.69. The van der Waals surface area contributed by atoms with Crippen LogP contribution in [0.15, 0.2) is 59.8 Å². The van der Waals surface area contributed by atoms with Gasteiger partial charge in [0.1, 0.15) is 5.82 Å². The number of fused-ring (bicyclic) bond motifs is 1. The summed E-state index contributed by atoms with van der Waals surface area (Å²) in [5, 5.41) is 4.24. The Morgan fingerprint density at radius 3 is 2.67 bits per heavy atom. The number of rotatable bonds is 3. The van der Waals surface area contributed by atoms with Crippen molar-refractivity contribution in [1.29, 1.82) is 0 Å². The second-order valence-corrected chi connectivity index (χ2v) is 8.81. The molecule has 27 heavy (non-hydrogen) atoms. The van der Waals surface area contributed by atoms with Crippen molar-refractivity contribution in [2.75, 3.05) is 6.54 Å². The SMILES string of the molecule is Cc1cc(F)ccc1S(=O)(=O)N1Cc2ccccc2[C@@H](c2cnn(C)c2)C1. The molecule has 0 N–H and O–H groups in total. The molecule has 0 bridgehead atoms. The van der Waals surface area contributed by atoms with Gasteiger partial charge < -0.3 is 0 Å². The first-order chi connectivity index (χ1) is 12.9. The minimum absolute atomic E-state index is 0.0980. The van der Waals surface area contributed by atoms with Crippen molar-refractivity contribution in [3.05, 3.63) is 82.9 Å². The lowest BCUT2D eigenvalue weighted by atomic mass is 9.87. The molecular weight excluding hydrogens is 365 g/mol. The van der Waals surface area contributed by atoms with Crippen LogP contribution < -0.4 is 0 Å². The van der Waals surface area contributed by atoms with Crippen LogP contribution in [0.2, 0.25) is 0 Å². The van der Waals surface area contributed by atoms with Crippen molar-refractivity contribution in [3.8, 4) is 0 Å². The number of aromatic nitrogens is 2. The lowest BCUT2D eigenvalue weighted by Crippen LogP contribution is -2.38. The molecule has 0 radical (unpaired) electrons. The van der Waals surface area contributed by atoms with Crippen LogP contribution >= 0.6 is 0 Å². The molecule has 1 aromatic heterocycles. The van der Waals surface area contributed by atoms with E-state index in [0.717, 1.165) is 16.7 Å². The molecule has 2 heterocycles. The fraction of sp³-hybridized carbons (Fsp3) is 0.250. The predicted octanol–water partition coefficient (Wildman–Crippen LogP) is 3.20. The number of aryl methyl sites for hydroxylation is 2. The van der Waals surface area contributed by atoms with E-state index in [1.165, 1.54) is 22.5 Å². The van der Waals surface area contributed by atoms with Crippen LogP contribution in [0.1, 0.15) is 28.2 Å². The Balaban J connectivity index is 1.79. The maximum Gasteiger partial charge on any atom is 0.243 e. The Kier molecular flexibility index (Phi) is 4.36. The lowest BCUT2D eigenvalue weighted by molar-refractivity contribution is 0.371. The van der Waals surface area contributed by atoms with Crippen LogP contribution in [0.4, 0.5) is 4.39 Å². The molecule has 0 spiro atoms. The molecule has 1 aliphatic rings. The van der Waals surface area contributed by atoms with Gasteiger partial charge in [-0.15, -0.1) is 0 Å². The van der Waals surface area contributed by atoms with Crippen molar-refractivity contribution in [2.45, 2.75) is 24.3 Å². The number of hydrogen-bond donors (Lipinski definition) is 0. The van der Waals surface area contributed by atoms with E-state index < -0.39 is 15.8 Å². The fourth-order valence-corrected chi connectivity index (χ4v) is 5.34. The number of nitrogens with zero attached hydrogens (tertiary/aromatic N) is 3. The quantitative estimate of drug-likeness (QED) is 0.696. The summed E-state index contributed by atoms with van der Waals surface area (Å²) in [7, 11) is -1.90. The van der Waals surface area contributed by atoms with E-state index in [9.17, 15) is 12.8 Å². The summed E-state index contributed by atoms with van der Waals surface area (Å²) >= 11 is 0. The third-order valence-corrected chi connectivity index (χ3v) is 7.02. The van der Waals surface area contributed by atoms with Crippen LogP contribution in [-0.4, -0.2) is 29.0 Å². The maximum atomic E-state index is 13.4. The van der Waals surface area contributed by atoms with Gasteiger partial charge in [0.15, 0.2) is 0 Å². The van der Waals surface area contributed by atoms with Crippen molar-refractivity contribution in [3.63, 3.8) is 0 Å². The average molecular weight is 385 g/mol. The molecule has 2 aromatic carbocycles. The van der Waals surface area contributed by atoms with Crippen LogP contribution in [-0.2, 0) is 23.6 Å². The van der Waals surface area contributed by atoms with E-state index in [2.05, 4.69) is 5.10 Å². The summed E-state index contributed by atoms with van der Waals surface area (Å²) in [4.78, 5) is 0.146. The summed E-state index contributed by atoms with van der Waals surface area (Å²) in [6.07, 6.45) is 3.70. The van der Waals surface area contributed by atoms with Gasteiger partial charge in [-0.3, -0.25) is 4.68 Å². The molecule has 0 saturated heterocycles. The van der Waals surface area contributed by atoms with Crippen LogP contribution in [0.5, 0.6) is 0 Å². The summed E-state index contributed by atoms with van der Waals surface area (Å²) in [5.74, 6) is -0.539. The molecule has 140 valence electrons. The summed E-state index contributed by atoms with van der Waals surface area (Å²) in [5.41, 5.74) is 3.47. The van der Waals surface area contributed by atoms with E-state index >= 15 is 0 Å². The predicted molar refractivity (Wildman–Crippen MR) is 100 cm³/mol. The topological polar surface area (TPSA) is 55.2 Å². The van der Waals surface area contributed by atoms with E-state index in [4.69, 9.17) is 0 Å². The van der Waals surface area contributed by atoms with Gasteiger partial charge in [0.25, 0.3) is 0 Å². The molecule has 3 aromatic rings. The lowest BCUT2D eigenvalue weighted by Gasteiger charge is -2.34. The molecule has 0 saturated carbocycles. The van der Waals surface area contributed by atoms with Crippen LogP contribution in [0.25, 0.3) is 0 Å². The zero-order valence-corrected chi connectivity index (χ0v) is 15.9. The second kappa shape index (κ2) is 6.58. The van der Waals surface area contributed by atoms with Gasteiger partial charge >= 0.3 is 0 Å². The number of sulfonamides is 1. The van der Waals surface area contributed by atoms with Crippen molar-refractivity contribution in [2.24, 2.45) is 7.05 Å². The molecule has 0 amide bonds. The Labute approximate surface area is 158 Å². The van der Waals surface area contributed by atoms with Crippen molar-refractivity contribution in [1.82, 2.24) is 14.1 Å². The summed E-state index contributed by atoms with van der Waals surface area (Å²) in [6, 6.07) is 11.7. The Morgan fingerprint density at radius 2 is 1.96 bits per heavy atom. The van der Waals surface area contributed by atoms with E-state index in [1.54, 1.807) is 17.8 Å². The molecule has 5 nitrogen and oxygen atoms in total. The van der Waals surface area contributed by atoms with Gasteiger partial charge in [0, 0.05) is 32.3 Å². The molecule has 4 rings (SSSR count). The average Bonchev–Trinajstić information content (AvgIpc) is 3.06. The molecule has 0 unspecified atom stereocenters. The molecular formula is C20H20FN3O2S. The fourth-order valence-electron chi connectivity index (χ4n) is 3.70. The minimum atomic E-state index is -3.75. The molecule has 0 fully saturated rings. The third kappa shape index (κ3) is 3.17. The smallest absolute Gasteiger partial charge is 0.243 e. The number of hydrogen-bond acceptors (Lipinski definition) is 3. The Morgan fingerprint density at radius 1 is 1.19 bits per heavy atom.